The summed E-state index contributed by atoms with van der Waals surface area (Å²) in [5.74, 6) is -0.966. The molecule has 0 bridgehead atoms. The SMILES string of the molecule is O=C(O)C1CCN(C(=O)Cn2nc(-c3ccco3)ccc2=O)CC1. The molecule has 0 atom stereocenters. The van der Waals surface area contributed by atoms with Gasteiger partial charge >= 0.3 is 5.97 Å². The largest absolute Gasteiger partial charge is 0.481 e. The lowest BCUT2D eigenvalue weighted by atomic mass is 9.97. The second-order valence-corrected chi connectivity index (χ2v) is 5.69. The molecule has 0 aliphatic carbocycles. The van der Waals surface area contributed by atoms with E-state index >= 15 is 0 Å². The highest BCUT2D eigenvalue weighted by Crippen LogP contribution is 2.18. The maximum absolute atomic E-state index is 12.3. The number of nitrogens with zero attached hydrogens (tertiary/aromatic N) is 3. The molecule has 2 aromatic heterocycles. The van der Waals surface area contributed by atoms with Crippen molar-refractivity contribution in [2.75, 3.05) is 13.1 Å². The third-order valence-corrected chi connectivity index (χ3v) is 4.12. The number of aliphatic carboxylic acids is 1. The molecule has 0 saturated carbocycles. The minimum Gasteiger partial charge on any atom is -0.481 e. The minimum atomic E-state index is -0.828. The molecule has 2 aromatic rings. The van der Waals surface area contributed by atoms with Crippen LogP contribution in [0, 0.1) is 5.92 Å². The topological polar surface area (TPSA) is 106 Å². The Kier molecular flexibility index (Phi) is 4.45. The highest BCUT2D eigenvalue weighted by Gasteiger charge is 2.27. The summed E-state index contributed by atoms with van der Waals surface area (Å²) >= 11 is 0. The molecule has 1 aliphatic heterocycles. The van der Waals surface area contributed by atoms with Gasteiger partial charge in [0.25, 0.3) is 5.56 Å². The van der Waals surface area contributed by atoms with Crippen molar-refractivity contribution in [3.8, 4) is 11.5 Å². The Labute approximate surface area is 137 Å². The zero-order valence-corrected chi connectivity index (χ0v) is 12.9. The van der Waals surface area contributed by atoms with Crippen molar-refractivity contribution >= 4 is 11.9 Å². The Morgan fingerprint density at radius 1 is 1.25 bits per heavy atom. The third-order valence-electron chi connectivity index (χ3n) is 4.12. The van der Waals surface area contributed by atoms with Crippen molar-refractivity contribution in [3.05, 3.63) is 40.9 Å². The van der Waals surface area contributed by atoms with E-state index in [0.717, 1.165) is 4.68 Å². The van der Waals surface area contributed by atoms with E-state index in [1.807, 2.05) is 0 Å². The number of hydrogen-bond donors (Lipinski definition) is 1. The van der Waals surface area contributed by atoms with E-state index in [1.165, 1.54) is 12.3 Å². The van der Waals surface area contributed by atoms with Crippen LogP contribution >= 0.6 is 0 Å². The van der Waals surface area contributed by atoms with Crippen molar-refractivity contribution in [1.82, 2.24) is 14.7 Å². The summed E-state index contributed by atoms with van der Waals surface area (Å²) in [6.07, 6.45) is 2.36. The second-order valence-electron chi connectivity index (χ2n) is 5.69. The monoisotopic (exact) mass is 331 g/mol. The zero-order chi connectivity index (χ0) is 17.1. The van der Waals surface area contributed by atoms with Crippen LogP contribution < -0.4 is 5.56 Å². The Hall–Kier alpha value is -2.90. The van der Waals surface area contributed by atoms with Crippen molar-refractivity contribution in [2.24, 2.45) is 5.92 Å². The number of carboxylic acid groups (broad SMARTS) is 1. The van der Waals surface area contributed by atoms with Gasteiger partial charge in [0.1, 0.15) is 12.2 Å². The fourth-order valence-corrected chi connectivity index (χ4v) is 2.72. The number of rotatable bonds is 4. The van der Waals surface area contributed by atoms with Gasteiger partial charge in [0.15, 0.2) is 5.76 Å². The van der Waals surface area contributed by atoms with Crippen LogP contribution in [0.4, 0.5) is 0 Å². The zero-order valence-electron chi connectivity index (χ0n) is 12.9. The maximum atomic E-state index is 12.3. The third kappa shape index (κ3) is 3.37. The van der Waals surface area contributed by atoms with E-state index < -0.39 is 11.9 Å². The standard InChI is InChI=1S/C16H17N3O5/c20-14-4-3-12(13-2-1-9-24-13)17-19(14)10-15(21)18-7-5-11(6-8-18)16(22)23/h1-4,9,11H,5-8,10H2,(H,22,23). The summed E-state index contributed by atoms with van der Waals surface area (Å²) in [5.41, 5.74) is 0.0936. The number of amides is 1. The van der Waals surface area contributed by atoms with Crippen LogP contribution in [0.15, 0.2) is 39.7 Å². The molecule has 8 nitrogen and oxygen atoms in total. The summed E-state index contributed by atoms with van der Waals surface area (Å²) in [6.45, 7) is 0.579. The summed E-state index contributed by atoms with van der Waals surface area (Å²) in [5, 5.41) is 13.1. The molecule has 0 unspecified atom stereocenters. The van der Waals surface area contributed by atoms with E-state index in [9.17, 15) is 14.4 Å². The molecule has 1 saturated heterocycles. The summed E-state index contributed by atoms with van der Waals surface area (Å²) < 4.78 is 6.34. The molecule has 3 rings (SSSR count). The first-order chi connectivity index (χ1) is 11.5. The molecular formula is C16H17N3O5. The van der Waals surface area contributed by atoms with Gasteiger partial charge in [-0.2, -0.15) is 5.10 Å². The van der Waals surface area contributed by atoms with Gasteiger partial charge in [0, 0.05) is 19.2 Å². The number of likely N-dealkylation sites (tertiary alicyclic amines) is 1. The summed E-state index contributed by atoms with van der Waals surface area (Å²) in [6, 6.07) is 6.31. The lowest BCUT2D eigenvalue weighted by Gasteiger charge is -2.30. The quantitative estimate of drug-likeness (QED) is 0.889. The van der Waals surface area contributed by atoms with E-state index in [0.29, 0.717) is 37.4 Å². The van der Waals surface area contributed by atoms with E-state index in [-0.39, 0.29) is 18.0 Å². The van der Waals surface area contributed by atoms with Gasteiger partial charge in [0.2, 0.25) is 5.91 Å². The average Bonchev–Trinajstić information content (AvgIpc) is 3.11. The first-order valence-corrected chi connectivity index (χ1v) is 7.67. The predicted octanol–water partition coefficient (Wildman–Crippen LogP) is 0.826. The summed E-state index contributed by atoms with van der Waals surface area (Å²) in [7, 11) is 0. The molecule has 1 fully saturated rings. The van der Waals surface area contributed by atoms with Gasteiger partial charge in [-0.25, -0.2) is 4.68 Å². The van der Waals surface area contributed by atoms with Crippen LogP contribution in [0.3, 0.4) is 0 Å². The molecule has 0 radical (unpaired) electrons. The van der Waals surface area contributed by atoms with Crippen LogP contribution in [-0.2, 0) is 16.1 Å². The fourth-order valence-electron chi connectivity index (χ4n) is 2.72. The number of hydrogen-bond acceptors (Lipinski definition) is 5. The van der Waals surface area contributed by atoms with Gasteiger partial charge < -0.3 is 14.4 Å². The van der Waals surface area contributed by atoms with Crippen LogP contribution in [0.5, 0.6) is 0 Å². The van der Waals surface area contributed by atoms with E-state index in [4.69, 9.17) is 9.52 Å². The number of furan rings is 1. The van der Waals surface area contributed by atoms with Gasteiger partial charge in [-0.15, -0.1) is 0 Å². The lowest BCUT2D eigenvalue weighted by Crippen LogP contribution is -2.43. The molecule has 24 heavy (non-hydrogen) atoms. The number of carbonyl (C=O) groups is 2. The van der Waals surface area contributed by atoms with Gasteiger partial charge in [-0.1, -0.05) is 0 Å². The van der Waals surface area contributed by atoms with Crippen molar-refractivity contribution in [1.29, 1.82) is 0 Å². The van der Waals surface area contributed by atoms with Crippen LogP contribution in [-0.4, -0.2) is 44.8 Å². The number of carbonyl (C=O) groups excluding carboxylic acids is 1. The summed E-state index contributed by atoms with van der Waals surface area (Å²) in [4.78, 5) is 36.8. The number of aromatic nitrogens is 2. The lowest BCUT2D eigenvalue weighted by molar-refractivity contribution is -0.145. The molecule has 1 N–H and O–H groups in total. The van der Waals surface area contributed by atoms with Gasteiger partial charge in [0.05, 0.1) is 12.2 Å². The molecule has 0 spiro atoms. The van der Waals surface area contributed by atoms with Gasteiger partial charge in [-0.3, -0.25) is 14.4 Å². The normalized spacial score (nSPS) is 15.4. The Morgan fingerprint density at radius 2 is 2.00 bits per heavy atom. The minimum absolute atomic E-state index is 0.175. The Balaban J connectivity index is 1.70. The molecule has 1 aliphatic rings. The molecule has 126 valence electrons. The smallest absolute Gasteiger partial charge is 0.306 e. The fraction of sp³-hybridized carbons (Fsp3) is 0.375. The first-order valence-electron chi connectivity index (χ1n) is 7.67. The van der Waals surface area contributed by atoms with Crippen LogP contribution in [0.25, 0.3) is 11.5 Å². The molecule has 8 heteroatoms. The van der Waals surface area contributed by atoms with Gasteiger partial charge in [-0.05, 0) is 31.0 Å². The van der Waals surface area contributed by atoms with Crippen molar-refractivity contribution < 1.29 is 19.1 Å². The van der Waals surface area contributed by atoms with E-state index in [1.54, 1.807) is 23.1 Å². The van der Waals surface area contributed by atoms with Crippen molar-refractivity contribution in [3.63, 3.8) is 0 Å². The second kappa shape index (κ2) is 6.69. The van der Waals surface area contributed by atoms with Crippen LogP contribution in [0.1, 0.15) is 12.8 Å². The Bertz CT molecular complexity index is 788. The maximum Gasteiger partial charge on any atom is 0.306 e. The number of carboxylic acids is 1. The van der Waals surface area contributed by atoms with Crippen molar-refractivity contribution in [2.45, 2.75) is 19.4 Å². The molecule has 0 aromatic carbocycles. The molecule has 1 amide bonds. The highest BCUT2D eigenvalue weighted by molar-refractivity contribution is 5.76. The number of piperidine rings is 1. The average molecular weight is 331 g/mol. The first kappa shape index (κ1) is 16.0. The molecular weight excluding hydrogens is 314 g/mol. The van der Waals surface area contributed by atoms with E-state index in [2.05, 4.69) is 5.10 Å². The Morgan fingerprint density at radius 3 is 2.62 bits per heavy atom. The highest BCUT2D eigenvalue weighted by atomic mass is 16.4. The van der Waals surface area contributed by atoms with Crippen LogP contribution in [0.2, 0.25) is 0 Å². The molecule has 3 heterocycles. The predicted molar refractivity (Wildman–Crippen MR) is 83.1 cm³/mol.